The molecule has 1 saturated heterocycles. The molecule has 1 aromatic heterocycles. The maximum Gasteiger partial charge on any atom is 0.321 e. The predicted octanol–water partition coefficient (Wildman–Crippen LogP) is 1.40. The average Bonchev–Trinajstić information content (AvgIpc) is 2.46. The third-order valence-corrected chi connectivity index (χ3v) is 2.70. The highest BCUT2D eigenvalue weighted by atomic mass is 79.9. The Morgan fingerprint density at radius 3 is 2.86 bits per heavy atom. The summed E-state index contributed by atoms with van der Waals surface area (Å²) in [6, 6.07) is 3.47. The standard InChI is InChI=1S/C9H6BrNO3/c10-8-5(2-1-3-11-8)6-4-7(12)14-9(6)13/h1-3,6H,4H2. The van der Waals surface area contributed by atoms with Crippen molar-refractivity contribution in [2.45, 2.75) is 12.3 Å². The van der Waals surface area contributed by atoms with Crippen molar-refractivity contribution in [1.82, 2.24) is 4.98 Å². The number of cyclic esters (lactones) is 2. The predicted molar refractivity (Wildman–Crippen MR) is 50.4 cm³/mol. The smallest absolute Gasteiger partial charge is 0.321 e. The molecule has 0 aromatic carbocycles. The van der Waals surface area contributed by atoms with Crippen LogP contribution in [0.5, 0.6) is 0 Å². The Bertz CT molecular complexity index is 405. The normalized spacial score (nSPS) is 21.1. The first-order valence-electron chi connectivity index (χ1n) is 4.03. The van der Waals surface area contributed by atoms with Gasteiger partial charge in [0.15, 0.2) is 0 Å². The van der Waals surface area contributed by atoms with Gasteiger partial charge in [0.05, 0.1) is 12.3 Å². The number of ether oxygens (including phenoxy) is 1. The molecular weight excluding hydrogens is 250 g/mol. The van der Waals surface area contributed by atoms with Crippen LogP contribution in [0.15, 0.2) is 22.9 Å². The lowest BCUT2D eigenvalue weighted by Crippen LogP contribution is -2.06. The zero-order chi connectivity index (χ0) is 10.1. The van der Waals surface area contributed by atoms with Crippen LogP contribution in [0.4, 0.5) is 0 Å². The Balaban J connectivity index is 2.36. The van der Waals surface area contributed by atoms with Crippen molar-refractivity contribution in [2.24, 2.45) is 0 Å². The summed E-state index contributed by atoms with van der Waals surface area (Å²) in [5.41, 5.74) is 0.698. The van der Waals surface area contributed by atoms with Gasteiger partial charge in [-0.25, -0.2) is 4.98 Å². The molecular formula is C9H6BrNO3. The van der Waals surface area contributed by atoms with Gasteiger partial charge in [0, 0.05) is 6.20 Å². The number of aromatic nitrogens is 1. The van der Waals surface area contributed by atoms with Gasteiger partial charge in [-0.2, -0.15) is 0 Å². The van der Waals surface area contributed by atoms with Crippen molar-refractivity contribution >= 4 is 27.9 Å². The van der Waals surface area contributed by atoms with Crippen molar-refractivity contribution in [3.05, 3.63) is 28.5 Å². The Morgan fingerprint density at radius 2 is 2.29 bits per heavy atom. The molecule has 0 N–H and O–H groups in total. The summed E-state index contributed by atoms with van der Waals surface area (Å²) >= 11 is 3.22. The first kappa shape index (κ1) is 9.33. The Kier molecular flexibility index (Phi) is 2.33. The summed E-state index contributed by atoms with van der Waals surface area (Å²) in [6.45, 7) is 0. The first-order valence-corrected chi connectivity index (χ1v) is 4.82. The molecule has 0 bridgehead atoms. The fourth-order valence-electron chi connectivity index (χ4n) is 1.37. The number of halogens is 1. The zero-order valence-electron chi connectivity index (χ0n) is 7.07. The molecule has 5 heteroatoms. The van der Waals surface area contributed by atoms with E-state index in [9.17, 15) is 9.59 Å². The molecule has 0 radical (unpaired) electrons. The van der Waals surface area contributed by atoms with Gasteiger partial charge in [-0.1, -0.05) is 6.07 Å². The molecule has 2 rings (SSSR count). The van der Waals surface area contributed by atoms with E-state index in [0.717, 1.165) is 0 Å². The van der Waals surface area contributed by atoms with Gasteiger partial charge in [0.2, 0.25) is 0 Å². The third kappa shape index (κ3) is 1.55. The number of esters is 2. The van der Waals surface area contributed by atoms with Crippen molar-refractivity contribution in [3.63, 3.8) is 0 Å². The highest BCUT2D eigenvalue weighted by molar-refractivity contribution is 9.10. The van der Waals surface area contributed by atoms with E-state index in [1.807, 2.05) is 0 Å². The fourth-order valence-corrected chi connectivity index (χ4v) is 1.90. The number of carbonyl (C=O) groups excluding carboxylic acids is 2. The van der Waals surface area contributed by atoms with E-state index >= 15 is 0 Å². The lowest BCUT2D eigenvalue weighted by atomic mass is 10.00. The van der Waals surface area contributed by atoms with Gasteiger partial charge >= 0.3 is 11.9 Å². The number of carbonyl (C=O) groups is 2. The van der Waals surface area contributed by atoms with Crippen LogP contribution in [0, 0.1) is 0 Å². The lowest BCUT2D eigenvalue weighted by molar-refractivity contribution is -0.152. The Labute approximate surface area is 88.4 Å². The van der Waals surface area contributed by atoms with Gasteiger partial charge < -0.3 is 4.74 Å². The zero-order valence-corrected chi connectivity index (χ0v) is 8.65. The average molecular weight is 256 g/mol. The highest BCUT2D eigenvalue weighted by Crippen LogP contribution is 2.31. The van der Waals surface area contributed by atoms with Crippen LogP contribution >= 0.6 is 15.9 Å². The number of nitrogens with zero attached hydrogens (tertiary/aromatic N) is 1. The molecule has 0 aliphatic carbocycles. The summed E-state index contributed by atoms with van der Waals surface area (Å²) in [5, 5.41) is 0. The van der Waals surface area contributed by atoms with Gasteiger partial charge in [-0.05, 0) is 27.6 Å². The SMILES string of the molecule is O=C1CC(c2cccnc2Br)C(=O)O1. The second-order valence-electron chi connectivity index (χ2n) is 2.93. The van der Waals surface area contributed by atoms with Crippen LogP contribution < -0.4 is 0 Å². The van der Waals surface area contributed by atoms with E-state index in [4.69, 9.17) is 0 Å². The van der Waals surface area contributed by atoms with E-state index in [2.05, 4.69) is 25.7 Å². The van der Waals surface area contributed by atoms with E-state index in [1.165, 1.54) is 0 Å². The summed E-state index contributed by atoms with van der Waals surface area (Å²) in [4.78, 5) is 26.1. The maximum atomic E-state index is 11.2. The minimum Gasteiger partial charge on any atom is -0.393 e. The van der Waals surface area contributed by atoms with Crippen LogP contribution in [0.1, 0.15) is 17.9 Å². The largest absolute Gasteiger partial charge is 0.393 e. The first-order chi connectivity index (χ1) is 6.68. The van der Waals surface area contributed by atoms with Crippen molar-refractivity contribution < 1.29 is 14.3 Å². The topological polar surface area (TPSA) is 56.3 Å². The van der Waals surface area contributed by atoms with Crippen molar-refractivity contribution in [1.29, 1.82) is 0 Å². The number of rotatable bonds is 1. The van der Waals surface area contributed by atoms with E-state index in [-0.39, 0.29) is 6.42 Å². The Morgan fingerprint density at radius 1 is 1.50 bits per heavy atom. The minimum absolute atomic E-state index is 0.100. The molecule has 1 unspecified atom stereocenters. The van der Waals surface area contributed by atoms with Crippen LogP contribution in [-0.4, -0.2) is 16.9 Å². The molecule has 1 aromatic rings. The van der Waals surface area contributed by atoms with Gasteiger partial charge in [0.1, 0.15) is 4.60 Å². The fraction of sp³-hybridized carbons (Fsp3) is 0.222. The second-order valence-corrected chi connectivity index (χ2v) is 3.68. The van der Waals surface area contributed by atoms with Crippen molar-refractivity contribution in [2.75, 3.05) is 0 Å². The molecule has 0 spiro atoms. The number of pyridine rings is 1. The highest BCUT2D eigenvalue weighted by Gasteiger charge is 2.35. The molecule has 72 valence electrons. The van der Waals surface area contributed by atoms with E-state index < -0.39 is 17.9 Å². The molecule has 1 fully saturated rings. The number of hydrogen-bond acceptors (Lipinski definition) is 4. The van der Waals surface area contributed by atoms with E-state index in [0.29, 0.717) is 10.2 Å². The second kappa shape index (κ2) is 3.49. The molecule has 0 amide bonds. The molecule has 4 nitrogen and oxygen atoms in total. The summed E-state index contributed by atoms with van der Waals surface area (Å²) in [7, 11) is 0. The summed E-state index contributed by atoms with van der Waals surface area (Å²) in [6.07, 6.45) is 1.71. The van der Waals surface area contributed by atoms with Crippen LogP contribution in [-0.2, 0) is 14.3 Å². The van der Waals surface area contributed by atoms with Crippen LogP contribution in [0.2, 0.25) is 0 Å². The quantitative estimate of drug-likeness (QED) is 0.433. The summed E-state index contributed by atoms with van der Waals surface area (Å²) < 4.78 is 5.04. The maximum absolute atomic E-state index is 11.2. The third-order valence-electron chi connectivity index (χ3n) is 2.03. The van der Waals surface area contributed by atoms with Gasteiger partial charge in [0.25, 0.3) is 0 Å². The molecule has 14 heavy (non-hydrogen) atoms. The lowest BCUT2D eigenvalue weighted by Gasteiger charge is -2.05. The molecule has 1 aliphatic rings. The van der Waals surface area contributed by atoms with Gasteiger partial charge in [-0.3, -0.25) is 9.59 Å². The summed E-state index contributed by atoms with van der Waals surface area (Å²) in [5.74, 6) is -1.48. The molecule has 1 atom stereocenters. The molecule has 0 saturated carbocycles. The van der Waals surface area contributed by atoms with Gasteiger partial charge in [-0.15, -0.1) is 0 Å². The molecule has 2 heterocycles. The monoisotopic (exact) mass is 255 g/mol. The minimum atomic E-state index is -0.509. The molecule has 1 aliphatic heterocycles. The Hall–Kier alpha value is -1.23. The van der Waals surface area contributed by atoms with Crippen LogP contribution in [0.25, 0.3) is 0 Å². The van der Waals surface area contributed by atoms with Crippen molar-refractivity contribution in [3.8, 4) is 0 Å². The number of hydrogen-bond donors (Lipinski definition) is 0. The van der Waals surface area contributed by atoms with Crippen LogP contribution in [0.3, 0.4) is 0 Å². The van der Waals surface area contributed by atoms with E-state index in [1.54, 1.807) is 18.3 Å².